The van der Waals surface area contributed by atoms with E-state index in [4.69, 9.17) is 0 Å². The molecule has 1 heterocycles. The molecule has 1 aromatic heterocycles. The summed E-state index contributed by atoms with van der Waals surface area (Å²) in [4.78, 5) is 0. The highest BCUT2D eigenvalue weighted by Gasteiger charge is 2.37. The maximum atomic E-state index is 4.24. The van der Waals surface area contributed by atoms with E-state index in [1.807, 2.05) is 23.1 Å². The molecule has 2 rings (SSSR count). The number of aromatic nitrogens is 2. The SMILES string of the molecule is CC1(C)CC(NCCCn2cccn2)CC(C)(C)C1. The van der Waals surface area contributed by atoms with E-state index in [0.29, 0.717) is 16.9 Å². The molecule has 0 amide bonds. The Labute approximate surface area is 117 Å². The summed E-state index contributed by atoms with van der Waals surface area (Å²) in [5.41, 5.74) is 0.947. The van der Waals surface area contributed by atoms with Crippen molar-refractivity contribution in [1.82, 2.24) is 15.1 Å². The topological polar surface area (TPSA) is 29.9 Å². The largest absolute Gasteiger partial charge is 0.314 e. The molecule has 0 atom stereocenters. The molecule has 0 unspecified atom stereocenters. The lowest BCUT2D eigenvalue weighted by molar-refractivity contribution is 0.0850. The van der Waals surface area contributed by atoms with Crippen LogP contribution in [0.3, 0.4) is 0 Å². The van der Waals surface area contributed by atoms with Crippen LogP contribution in [0.1, 0.15) is 53.4 Å². The highest BCUT2D eigenvalue weighted by molar-refractivity contribution is 4.92. The Bertz CT molecular complexity index is 363. The van der Waals surface area contributed by atoms with Crippen molar-refractivity contribution in [3.05, 3.63) is 18.5 Å². The number of nitrogens with one attached hydrogen (secondary N) is 1. The Morgan fingerprint density at radius 3 is 2.47 bits per heavy atom. The molecule has 0 bridgehead atoms. The van der Waals surface area contributed by atoms with Crippen LogP contribution in [0.15, 0.2) is 18.5 Å². The smallest absolute Gasteiger partial charge is 0.0489 e. The first-order valence-corrected chi connectivity index (χ1v) is 7.57. The average molecular weight is 263 g/mol. The summed E-state index contributed by atoms with van der Waals surface area (Å²) in [5, 5.41) is 7.99. The molecule has 0 radical (unpaired) electrons. The maximum absolute atomic E-state index is 4.24. The minimum Gasteiger partial charge on any atom is -0.314 e. The van der Waals surface area contributed by atoms with E-state index >= 15 is 0 Å². The number of nitrogens with zero attached hydrogens (tertiary/aromatic N) is 2. The Morgan fingerprint density at radius 1 is 1.21 bits per heavy atom. The third kappa shape index (κ3) is 4.64. The normalized spacial score (nSPS) is 22.5. The summed E-state index contributed by atoms with van der Waals surface area (Å²) in [6.45, 7) is 11.7. The molecule has 0 aliphatic heterocycles. The van der Waals surface area contributed by atoms with Gasteiger partial charge in [0.25, 0.3) is 0 Å². The summed E-state index contributed by atoms with van der Waals surface area (Å²) in [6.07, 6.45) is 8.98. The number of hydrogen-bond donors (Lipinski definition) is 1. The molecule has 3 nitrogen and oxygen atoms in total. The minimum absolute atomic E-state index is 0.474. The van der Waals surface area contributed by atoms with Gasteiger partial charge in [-0.2, -0.15) is 5.10 Å². The van der Waals surface area contributed by atoms with Gasteiger partial charge in [-0.25, -0.2) is 0 Å². The van der Waals surface area contributed by atoms with Crippen LogP contribution in [-0.4, -0.2) is 22.4 Å². The molecule has 0 aromatic carbocycles. The van der Waals surface area contributed by atoms with E-state index in [1.54, 1.807) is 0 Å². The van der Waals surface area contributed by atoms with E-state index in [-0.39, 0.29) is 0 Å². The molecule has 0 spiro atoms. The summed E-state index contributed by atoms with van der Waals surface area (Å²) < 4.78 is 2.01. The van der Waals surface area contributed by atoms with E-state index in [0.717, 1.165) is 19.5 Å². The fourth-order valence-electron chi connectivity index (χ4n) is 3.97. The van der Waals surface area contributed by atoms with Crippen LogP contribution >= 0.6 is 0 Å². The van der Waals surface area contributed by atoms with Crippen LogP contribution in [0.5, 0.6) is 0 Å². The van der Waals surface area contributed by atoms with Gasteiger partial charge in [-0.15, -0.1) is 0 Å². The van der Waals surface area contributed by atoms with Crippen molar-refractivity contribution in [3.63, 3.8) is 0 Å². The minimum atomic E-state index is 0.474. The Kier molecular flexibility index (Phi) is 4.34. The molecule has 0 saturated heterocycles. The average Bonchev–Trinajstić information content (AvgIpc) is 2.72. The van der Waals surface area contributed by atoms with Crippen LogP contribution in [0.25, 0.3) is 0 Å². The molecular formula is C16H29N3. The first-order chi connectivity index (χ1) is 8.86. The second-order valence-electron chi connectivity index (χ2n) is 7.69. The first kappa shape index (κ1) is 14.6. The molecule has 1 aromatic rings. The van der Waals surface area contributed by atoms with Crippen LogP contribution < -0.4 is 5.32 Å². The number of hydrogen-bond acceptors (Lipinski definition) is 2. The van der Waals surface area contributed by atoms with Crippen molar-refractivity contribution < 1.29 is 0 Å². The summed E-state index contributed by atoms with van der Waals surface area (Å²) in [7, 11) is 0. The Morgan fingerprint density at radius 2 is 1.89 bits per heavy atom. The predicted molar refractivity (Wildman–Crippen MR) is 80.0 cm³/mol. The zero-order chi connectivity index (χ0) is 13.9. The lowest BCUT2D eigenvalue weighted by Crippen LogP contribution is -2.44. The van der Waals surface area contributed by atoms with Crippen LogP contribution in [-0.2, 0) is 6.54 Å². The maximum Gasteiger partial charge on any atom is 0.0489 e. The van der Waals surface area contributed by atoms with Crippen molar-refractivity contribution in [2.45, 2.75) is 66.0 Å². The van der Waals surface area contributed by atoms with Crippen molar-refractivity contribution in [1.29, 1.82) is 0 Å². The van der Waals surface area contributed by atoms with Crippen LogP contribution in [0.2, 0.25) is 0 Å². The van der Waals surface area contributed by atoms with Gasteiger partial charge in [-0.3, -0.25) is 4.68 Å². The van der Waals surface area contributed by atoms with Gasteiger partial charge in [0, 0.05) is 25.0 Å². The van der Waals surface area contributed by atoms with Gasteiger partial charge >= 0.3 is 0 Å². The third-order valence-corrected chi connectivity index (χ3v) is 4.11. The molecule has 1 aliphatic rings. The molecule has 1 aliphatic carbocycles. The zero-order valence-electron chi connectivity index (χ0n) is 12.9. The van der Waals surface area contributed by atoms with Crippen LogP contribution in [0.4, 0.5) is 0 Å². The first-order valence-electron chi connectivity index (χ1n) is 7.57. The standard InChI is InChI=1S/C16H29N3/c1-15(2)11-14(12-16(3,4)13-15)17-7-5-9-19-10-6-8-18-19/h6,8,10,14,17H,5,7,9,11-13H2,1-4H3. The Hall–Kier alpha value is -0.830. The number of aryl methyl sites for hydroxylation is 1. The van der Waals surface area contributed by atoms with E-state index in [2.05, 4.69) is 38.1 Å². The molecule has 1 N–H and O–H groups in total. The van der Waals surface area contributed by atoms with Gasteiger partial charge in [-0.05, 0) is 49.1 Å². The fraction of sp³-hybridized carbons (Fsp3) is 0.812. The van der Waals surface area contributed by atoms with E-state index < -0.39 is 0 Å². The van der Waals surface area contributed by atoms with Crippen molar-refractivity contribution in [3.8, 4) is 0 Å². The van der Waals surface area contributed by atoms with Gasteiger partial charge in [0.05, 0.1) is 0 Å². The zero-order valence-corrected chi connectivity index (χ0v) is 12.9. The van der Waals surface area contributed by atoms with Gasteiger partial charge in [0.2, 0.25) is 0 Å². The summed E-state index contributed by atoms with van der Waals surface area (Å²) >= 11 is 0. The summed E-state index contributed by atoms with van der Waals surface area (Å²) in [6, 6.07) is 2.66. The lowest BCUT2D eigenvalue weighted by atomic mass is 9.63. The van der Waals surface area contributed by atoms with E-state index in [1.165, 1.54) is 19.3 Å². The monoisotopic (exact) mass is 263 g/mol. The molecule has 1 fully saturated rings. The molecule has 108 valence electrons. The quantitative estimate of drug-likeness (QED) is 0.824. The highest BCUT2D eigenvalue weighted by Crippen LogP contribution is 2.45. The van der Waals surface area contributed by atoms with Gasteiger partial charge in [-0.1, -0.05) is 27.7 Å². The van der Waals surface area contributed by atoms with Crippen molar-refractivity contribution in [2.24, 2.45) is 10.8 Å². The molecular weight excluding hydrogens is 234 g/mol. The van der Waals surface area contributed by atoms with Crippen molar-refractivity contribution >= 4 is 0 Å². The fourth-order valence-corrected chi connectivity index (χ4v) is 3.97. The third-order valence-electron chi connectivity index (χ3n) is 4.11. The molecule has 3 heteroatoms. The van der Waals surface area contributed by atoms with Crippen LogP contribution in [0, 0.1) is 10.8 Å². The van der Waals surface area contributed by atoms with Crippen molar-refractivity contribution in [2.75, 3.05) is 6.54 Å². The second kappa shape index (κ2) is 5.66. The highest BCUT2D eigenvalue weighted by atomic mass is 15.3. The van der Waals surface area contributed by atoms with Gasteiger partial charge < -0.3 is 5.32 Å². The Balaban J connectivity index is 1.73. The predicted octanol–water partition coefficient (Wildman–Crippen LogP) is 3.47. The van der Waals surface area contributed by atoms with Gasteiger partial charge in [0.15, 0.2) is 0 Å². The lowest BCUT2D eigenvalue weighted by Gasteiger charge is -2.45. The van der Waals surface area contributed by atoms with E-state index in [9.17, 15) is 0 Å². The molecule has 1 saturated carbocycles. The van der Waals surface area contributed by atoms with Gasteiger partial charge in [0.1, 0.15) is 0 Å². The number of rotatable bonds is 5. The second-order valence-corrected chi connectivity index (χ2v) is 7.69. The molecule has 19 heavy (non-hydrogen) atoms. The summed E-state index contributed by atoms with van der Waals surface area (Å²) in [5.74, 6) is 0.